The standard InChI is InChI=1S/C17H13NO2S2/c1-20-14-10-6-5-7-12(14)11-15-16(19)18(17(21)22-15)13-8-3-2-4-9-13/h2-11H,1H3/b15-11+. The van der Waals surface area contributed by atoms with E-state index in [0.717, 1.165) is 17.0 Å². The van der Waals surface area contributed by atoms with Gasteiger partial charge in [0.1, 0.15) is 5.75 Å². The van der Waals surface area contributed by atoms with E-state index in [9.17, 15) is 4.79 Å². The Morgan fingerprint density at radius 1 is 1.09 bits per heavy atom. The first kappa shape index (κ1) is 14.8. The molecule has 1 amide bonds. The number of para-hydroxylation sites is 2. The zero-order valence-electron chi connectivity index (χ0n) is 11.9. The Labute approximate surface area is 138 Å². The fourth-order valence-corrected chi connectivity index (χ4v) is 3.48. The van der Waals surface area contributed by atoms with Gasteiger partial charge >= 0.3 is 0 Å². The van der Waals surface area contributed by atoms with Crippen LogP contribution in [0.5, 0.6) is 5.75 Å². The SMILES string of the molecule is COc1ccccc1/C=C1/SC(=S)N(c2ccccc2)C1=O. The van der Waals surface area contributed by atoms with Gasteiger partial charge in [0.05, 0.1) is 17.7 Å². The lowest BCUT2D eigenvalue weighted by Gasteiger charge is -2.13. The van der Waals surface area contributed by atoms with E-state index in [1.54, 1.807) is 12.0 Å². The second kappa shape index (κ2) is 6.34. The molecule has 5 heteroatoms. The summed E-state index contributed by atoms with van der Waals surface area (Å²) in [5, 5.41) is 0. The van der Waals surface area contributed by atoms with Crippen LogP contribution in [0.2, 0.25) is 0 Å². The molecule has 0 N–H and O–H groups in total. The molecule has 0 radical (unpaired) electrons. The number of thioether (sulfide) groups is 1. The molecular weight excluding hydrogens is 314 g/mol. The van der Waals surface area contributed by atoms with Crippen LogP contribution < -0.4 is 9.64 Å². The van der Waals surface area contributed by atoms with Crippen LogP contribution in [0, 0.1) is 0 Å². The van der Waals surface area contributed by atoms with Gasteiger partial charge in [-0.05, 0) is 24.3 Å². The van der Waals surface area contributed by atoms with Crippen LogP contribution in [0.3, 0.4) is 0 Å². The van der Waals surface area contributed by atoms with Crippen LogP contribution in [0.4, 0.5) is 5.69 Å². The van der Waals surface area contributed by atoms with E-state index in [1.807, 2.05) is 60.7 Å². The lowest BCUT2D eigenvalue weighted by Crippen LogP contribution is -2.27. The average molecular weight is 327 g/mol. The number of ether oxygens (including phenoxy) is 1. The van der Waals surface area contributed by atoms with Gasteiger partial charge in [0.2, 0.25) is 0 Å². The van der Waals surface area contributed by atoms with Gasteiger partial charge in [0.15, 0.2) is 4.32 Å². The molecule has 1 aliphatic rings. The second-order valence-electron chi connectivity index (χ2n) is 4.59. The van der Waals surface area contributed by atoms with E-state index in [0.29, 0.717) is 9.23 Å². The van der Waals surface area contributed by atoms with E-state index in [2.05, 4.69) is 0 Å². The summed E-state index contributed by atoms with van der Waals surface area (Å²) < 4.78 is 5.86. The molecule has 3 nitrogen and oxygen atoms in total. The third-order valence-electron chi connectivity index (χ3n) is 3.23. The van der Waals surface area contributed by atoms with E-state index in [-0.39, 0.29) is 5.91 Å². The normalized spacial score (nSPS) is 16.4. The Bertz CT molecular complexity index is 756. The van der Waals surface area contributed by atoms with Gasteiger partial charge in [0, 0.05) is 5.56 Å². The number of anilines is 1. The van der Waals surface area contributed by atoms with Gasteiger partial charge in [-0.25, -0.2) is 0 Å². The molecule has 0 bridgehead atoms. The number of nitrogens with zero attached hydrogens (tertiary/aromatic N) is 1. The van der Waals surface area contributed by atoms with Gasteiger partial charge in [-0.1, -0.05) is 60.4 Å². The zero-order valence-corrected chi connectivity index (χ0v) is 13.5. The minimum atomic E-state index is -0.105. The van der Waals surface area contributed by atoms with Crippen molar-refractivity contribution in [2.45, 2.75) is 0 Å². The number of carbonyl (C=O) groups is 1. The van der Waals surface area contributed by atoms with Crippen LogP contribution in [-0.2, 0) is 4.79 Å². The fraction of sp³-hybridized carbons (Fsp3) is 0.0588. The predicted molar refractivity (Wildman–Crippen MR) is 95.1 cm³/mol. The molecule has 1 fully saturated rings. The molecule has 0 atom stereocenters. The summed E-state index contributed by atoms with van der Waals surface area (Å²) >= 11 is 6.65. The molecule has 0 spiro atoms. The Morgan fingerprint density at radius 3 is 2.50 bits per heavy atom. The van der Waals surface area contributed by atoms with Crippen molar-refractivity contribution in [2.24, 2.45) is 0 Å². The molecule has 3 rings (SSSR count). The number of amides is 1. The zero-order chi connectivity index (χ0) is 15.5. The maximum Gasteiger partial charge on any atom is 0.270 e. The highest BCUT2D eigenvalue weighted by Crippen LogP contribution is 2.36. The molecule has 110 valence electrons. The van der Waals surface area contributed by atoms with Crippen LogP contribution in [0.25, 0.3) is 6.08 Å². The van der Waals surface area contributed by atoms with Gasteiger partial charge in [-0.15, -0.1) is 0 Å². The average Bonchev–Trinajstić information content (AvgIpc) is 2.83. The Kier molecular flexibility index (Phi) is 4.27. The third-order valence-corrected chi connectivity index (χ3v) is 4.54. The summed E-state index contributed by atoms with van der Waals surface area (Å²) in [6.45, 7) is 0. The number of rotatable bonds is 3. The monoisotopic (exact) mass is 327 g/mol. The van der Waals surface area contributed by atoms with E-state index < -0.39 is 0 Å². The first-order valence-corrected chi connectivity index (χ1v) is 7.89. The summed E-state index contributed by atoms with van der Waals surface area (Å²) in [6.07, 6.45) is 1.82. The molecule has 1 heterocycles. The summed E-state index contributed by atoms with van der Waals surface area (Å²) in [4.78, 5) is 14.8. The van der Waals surface area contributed by atoms with E-state index in [4.69, 9.17) is 17.0 Å². The molecular formula is C17H13NO2S2. The largest absolute Gasteiger partial charge is 0.496 e. The van der Waals surface area contributed by atoms with Crippen molar-refractivity contribution >= 4 is 46.0 Å². The summed E-state index contributed by atoms with van der Waals surface area (Å²) in [5.74, 6) is 0.625. The number of methoxy groups -OCH3 is 1. The molecule has 1 aliphatic heterocycles. The van der Waals surface area contributed by atoms with Crippen molar-refractivity contribution in [3.8, 4) is 5.75 Å². The van der Waals surface area contributed by atoms with Gasteiger partial charge in [0.25, 0.3) is 5.91 Å². The molecule has 1 saturated heterocycles. The Hall–Kier alpha value is -2.11. The Balaban J connectivity index is 1.96. The maximum atomic E-state index is 12.6. The van der Waals surface area contributed by atoms with Crippen molar-refractivity contribution in [1.29, 1.82) is 0 Å². The fourth-order valence-electron chi connectivity index (χ4n) is 2.19. The van der Waals surface area contributed by atoms with E-state index in [1.165, 1.54) is 11.8 Å². The highest BCUT2D eigenvalue weighted by molar-refractivity contribution is 8.27. The van der Waals surface area contributed by atoms with Crippen molar-refractivity contribution in [2.75, 3.05) is 12.0 Å². The lowest BCUT2D eigenvalue weighted by atomic mass is 10.2. The minimum Gasteiger partial charge on any atom is -0.496 e. The molecule has 2 aromatic carbocycles. The maximum absolute atomic E-state index is 12.6. The topological polar surface area (TPSA) is 29.5 Å². The minimum absolute atomic E-state index is 0.105. The van der Waals surface area contributed by atoms with Gasteiger partial charge < -0.3 is 4.74 Å². The number of carbonyl (C=O) groups excluding carboxylic acids is 1. The molecule has 0 saturated carbocycles. The van der Waals surface area contributed by atoms with Crippen molar-refractivity contribution < 1.29 is 9.53 Å². The van der Waals surface area contributed by atoms with Gasteiger partial charge in [-0.3, -0.25) is 9.69 Å². The van der Waals surface area contributed by atoms with Crippen molar-refractivity contribution in [3.05, 3.63) is 65.1 Å². The highest BCUT2D eigenvalue weighted by atomic mass is 32.2. The lowest BCUT2D eigenvalue weighted by molar-refractivity contribution is -0.113. The number of thiocarbonyl (C=S) groups is 1. The number of hydrogen-bond acceptors (Lipinski definition) is 4. The summed E-state index contributed by atoms with van der Waals surface area (Å²) in [7, 11) is 1.61. The van der Waals surface area contributed by atoms with Gasteiger partial charge in [-0.2, -0.15) is 0 Å². The summed E-state index contributed by atoms with van der Waals surface area (Å²) in [6, 6.07) is 17.0. The number of hydrogen-bond donors (Lipinski definition) is 0. The predicted octanol–water partition coefficient (Wildman–Crippen LogP) is 4.10. The molecule has 2 aromatic rings. The highest BCUT2D eigenvalue weighted by Gasteiger charge is 2.33. The second-order valence-corrected chi connectivity index (χ2v) is 6.27. The van der Waals surface area contributed by atoms with Crippen LogP contribution in [0.1, 0.15) is 5.56 Å². The van der Waals surface area contributed by atoms with Crippen molar-refractivity contribution in [1.82, 2.24) is 0 Å². The third kappa shape index (κ3) is 2.77. The Morgan fingerprint density at radius 2 is 1.77 bits per heavy atom. The molecule has 22 heavy (non-hydrogen) atoms. The molecule has 0 unspecified atom stereocenters. The smallest absolute Gasteiger partial charge is 0.270 e. The van der Waals surface area contributed by atoms with Crippen molar-refractivity contribution in [3.63, 3.8) is 0 Å². The van der Waals surface area contributed by atoms with Crippen LogP contribution in [-0.4, -0.2) is 17.3 Å². The summed E-state index contributed by atoms with van der Waals surface area (Å²) in [5.41, 5.74) is 1.65. The van der Waals surface area contributed by atoms with Crippen LogP contribution >= 0.6 is 24.0 Å². The van der Waals surface area contributed by atoms with E-state index >= 15 is 0 Å². The molecule has 0 aliphatic carbocycles. The number of benzene rings is 2. The van der Waals surface area contributed by atoms with Crippen LogP contribution in [0.15, 0.2) is 59.5 Å². The first-order chi connectivity index (χ1) is 10.7. The first-order valence-electron chi connectivity index (χ1n) is 6.67. The molecule has 0 aromatic heterocycles. The quantitative estimate of drug-likeness (QED) is 0.627.